The van der Waals surface area contributed by atoms with Crippen molar-refractivity contribution in [3.8, 4) is 5.75 Å². The Labute approximate surface area is 149 Å². The van der Waals surface area contributed by atoms with Gasteiger partial charge in [0, 0.05) is 6.42 Å². The lowest BCUT2D eigenvalue weighted by Crippen LogP contribution is -2.08. The summed E-state index contributed by atoms with van der Waals surface area (Å²) in [7, 11) is 0. The zero-order chi connectivity index (χ0) is 19.1. The van der Waals surface area contributed by atoms with Gasteiger partial charge in [-0.2, -0.15) is 0 Å². The van der Waals surface area contributed by atoms with Crippen LogP contribution in [-0.2, 0) is 16.0 Å². The number of nitrogens with zero attached hydrogens (tertiary/aromatic N) is 1. The smallest absolute Gasteiger partial charge is 0.423 e. The second kappa shape index (κ2) is 8.48. The van der Waals surface area contributed by atoms with E-state index < -0.39 is 16.8 Å². The summed E-state index contributed by atoms with van der Waals surface area (Å²) in [5, 5.41) is 10.2. The van der Waals surface area contributed by atoms with E-state index in [2.05, 4.69) is 0 Å². The fraction of sp³-hybridized carbons (Fsp3) is 0.105. The molecule has 0 spiro atoms. The summed E-state index contributed by atoms with van der Waals surface area (Å²) in [6.45, 7) is 1.49. The van der Waals surface area contributed by atoms with Gasteiger partial charge in [-0.3, -0.25) is 14.9 Å². The molecular weight excluding hydrogens is 338 g/mol. The maximum absolute atomic E-state index is 12.1. The lowest BCUT2D eigenvalue weighted by atomic mass is 10.1. The SMILES string of the molecule is CC(=O)Cc1ccc(C(=O)Oc2ccc(/C=C/C(=O)[N+](=O)[O-])cc2)cc1. The van der Waals surface area contributed by atoms with E-state index in [1.807, 2.05) is 0 Å². The Bertz CT molecular complexity index is 866. The Morgan fingerprint density at radius 3 is 2.19 bits per heavy atom. The monoisotopic (exact) mass is 353 g/mol. The Kier molecular flexibility index (Phi) is 6.10. The maximum atomic E-state index is 12.1. The number of hydrogen-bond acceptors (Lipinski definition) is 6. The van der Waals surface area contributed by atoms with Gasteiger partial charge in [-0.25, -0.2) is 9.59 Å². The van der Waals surface area contributed by atoms with E-state index >= 15 is 0 Å². The van der Waals surface area contributed by atoms with Crippen molar-refractivity contribution in [1.29, 1.82) is 0 Å². The van der Waals surface area contributed by atoms with Crippen LogP contribution in [0.3, 0.4) is 0 Å². The highest BCUT2D eigenvalue weighted by molar-refractivity contribution is 5.91. The van der Waals surface area contributed by atoms with Crippen LogP contribution < -0.4 is 4.74 Å². The van der Waals surface area contributed by atoms with Crippen LogP contribution in [0.15, 0.2) is 54.6 Å². The number of carbonyl (C=O) groups excluding carboxylic acids is 3. The fourth-order valence-corrected chi connectivity index (χ4v) is 2.09. The standard InChI is InChI=1S/C19H15NO6/c1-13(21)12-15-2-7-16(8-3-15)19(23)26-17-9-4-14(5-10-17)6-11-18(22)20(24)25/h2-11H,12H2,1H3/b11-6+. The number of ketones is 1. The van der Waals surface area contributed by atoms with Crippen LogP contribution >= 0.6 is 0 Å². The molecule has 0 aromatic heterocycles. The van der Waals surface area contributed by atoms with Gasteiger partial charge in [0.05, 0.1) is 11.6 Å². The summed E-state index contributed by atoms with van der Waals surface area (Å²) >= 11 is 0. The normalized spacial score (nSPS) is 10.5. The van der Waals surface area contributed by atoms with Gasteiger partial charge in [-0.05, 0) is 48.4 Å². The van der Waals surface area contributed by atoms with Crippen molar-refractivity contribution in [2.45, 2.75) is 13.3 Å². The molecule has 0 aliphatic carbocycles. The average molecular weight is 353 g/mol. The molecule has 0 saturated heterocycles. The molecule has 0 aliphatic heterocycles. The minimum Gasteiger partial charge on any atom is -0.423 e. The largest absolute Gasteiger partial charge is 0.469 e. The van der Waals surface area contributed by atoms with Crippen LogP contribution in [0.4, 0.5) is 0 Å². The van der Waals surface area contributed by atoms with Crippen molar-refractivity contribution in [3.05, 3.63) is 81.4 Å². The number of carbonyl (C=O) groups is 3. The van der Waals surface area contributed by atoms with Gasteiger partial charge in [-0.15, -0.1) is 0 Å². The molecule has 2 aromatic carbocycles. The molecular formula is C19H15NO6. The van der Waals surface area contributed by atoms with Crippen LogP contribution in [0.5, 0.6) is 5.75 Å². The van der Waals surface area contributed by atoms with Gasteiger partial charge in [0.25, 0.3) is 0 Å². The average Bonchev–Trinajstić information content (AvgIpc) is 2.60. The predicted octanol–water partition coefficient (Wildman–Crippen LogP) is 2.85. The van der Waals surface area contributed by atoms with Crippen LogP contribution in [0.25, 0.3) is 6.08 Å². The molecule has 132 valence electrons. The van der Waals surface area contributed by atoms with Crippen molar-refractivity contribution in [1.82, 2.24) is 0 Å². The Morgan fingerprint density at radius 1 is 1.04 bits per heavy atom. The first-order valence-corrected chi connectivity index (χ1v) is 7.62. The molecule has 7 heteroatoms. The third-order valence-electron chi connectivity index (χ3n) is 3.33. The summed E-state index contributed by atoms with van der Waals surface area (Å²) in [6.07, 6.45) is 2.46. The third kappa shape index (κ3) is 5.48. The molecule has 0 atom stereocenters. The predicted molar refractivity (Wildman–Crippen MR) is 93.3 cm³/mol. The Morgan fingerprint density at radius 2 is 1.65 bits per heavy atom. The number of hydrogen-bond donors (Lipinski definition) is 0. The molecule has 0 saturated carbocycles. The quantitative estimate of drug-likeness (QED) is 0.260. The Hall–Kier alpha value is -3.61. The van der Waals surface area contributed by atoms with Crippen LogP contribution in [0.1, 0.15) is 28.4 Å². The summed E-state index contributed by atoms with van der Waals surface area (Å²) in [6, 6.07) is 12.7. The third-order valence-corrected chi connectivity index (χ3v) is 3.33. The van der Waals surface area contributed by atoms with E-state index in [1.165, 1.54) is 25.1 Å². The maximum Gasteiger partial charge on any atom is 0.469 e. The second-order valence-electron chi connectivity index (χ2n) is 5.46. The number of rotatable bonds is 6. The highest BCUT2D eigenvalue weighted by atomic mass is 16.6. The second-order valence-corrected chi connectivity index (χ2v) is 5.46. The molecule has 2 rings (SSSR count). The van der Waals surface area contributed by atoms with Gasteiger partial charge in [-0.1, -0.05) is 24.3 Å². The molecule has 0 N–H and O–H groups in total. The van der Waals surface area contributed by atoms with Crippen LogP contribution in [0.2, 0.25) is 0 Å². The lowest BCUT2D eigenvalue weighted by Gasteiger charge is -2.05. The first-order chi connectivity index (χ1) is 12.3. The summed E-state index contributed by atoms with van der Waals surface area (Å²) in [5.74, 6) is -1.44. The van der Waals surface area contributed by atoms with Gasteiger partial charge in [0.15, 0.2) is 0 Å². The Balaban J connectivity index is 1.99. The molecule has 2 aromatic rings. The molecule has 0 bridgehead atoms. The highest BCUT2D eigenvalue weighted by Crippen LogP contribution is 2.16. The number of nitro groups is 1. The topological polar surface area (TPSA) is 104 Å². The summed E-state index contributed by atoms with van der Waals surface area (Å²) in [4.78, 5) is 43.3. The zero-order valence-electron chi connectivity index (χ0n) is 13.9. The number of benzene rings is 2. The first kappa shape index (κ1) is 18.7. The molecule has 0 fully saturated rings. The van der Waals surface area contributed by atoms with Crippen molar-refractivity contribution >= 4 is 23.7 Å². The van der Waals surface area contributed by atoms with E-state index in [1.54, 1.807) is 36.4 Å². The van der Waals surface area contributed by atoms with E-state index in [4.69, 9.17) is 4.74 Å². The highest BCUT2D eigenvalue weighted by Gasteiger charge is 2.10. The van der Waals surface area contributed by atoms with Crippen LogP contribution in [0, 0.1) is 10.1 Å². The van der Waals surface area contributed by atoms with E-state index in [0.717, 1.165) is 11.6 Å². The molecule has 0 radical (unpaired) electrons. The van der Waals surface area contributed by atoms with Crippen molar-refractivity contribution in [2.24, 2.45) is 0 Å². The minimum atomic E-state index is -1.21. The van der Waals surface area contributed by atoms with Crippen molar-refractivity contribution < 1.29 is 24.0 Å². The molecule has 0 heterocycles. The van der Waals surface area contributed by atoms with Gasteiger partial charge >= 0.3 is 11.9 Å². The van der Waals surface area contributed by atoms with Crippen LogP contribution in [-0.4, -0.2) is 22.6 Å². The lowest BCUT2D eigenvalue weighted by molar-refractivity contribution is -0.395. The number of ether oxygens (including phenoxy) is 1. The zero-order valence-corrected chi connectivity index (χ0v) is 13.9. The van der Waals surface area contributed by atoms with E-state index in [0.29, 0.717) is 23.3 Å². The molecule has 7 nitrogen and oxygen atoms in total. The first-order valence-electron chi connectivity index (χ1n) is 7.62. The molecule has 1 amide bonds. The molecule has 0 aliphatic rings. The fourth-order valence-electron chi connectivity index (χ4n) is 2.09. The van der Waals surface area contributed by atoms with Gasteiger partial charge in [0.2, 0.25) is 0 Å². The summed E-state index contributed by atoms with van der Waals surface area (Å²) in [5.41, 5.74) is 1.71. The van der Waals surface area contributed by atoms with E-state index in [-0.39, 0.29) is 5.78 Å². The minimum absolute atomic E-state index is 0.0365. The summed E-state index contributed by atoms with van der Waals surface area (Å²) < 4.78 is 5.24. The molecule has 26 heavy (non-hydrogen) atoms. The van der Waals surface area contributed by atoms with E-state index in [9.17, 15) is 24.5 Å². The number of Topliss-reactive ketones (excluding diaryl/α,β-unsaturated/α-hetero) is 1. The number of esters is 1. The molecule has 0 unspecified atom stereocenters. The number of amides is 1. The van der Waals surface area contributed by atoms with Crippen molar-refractivity contribution in [2.75, 3.05) is 0 Å². The van der Waals surface area contributed by atoms with Gasteiger partial charge < -0.3 is 4.74 Å². The van der Waals surface area contributed by atoms with Crippen molar-refractivity contribution in [3.63, 3.8) is 0 Å². The van der Waals surface area contributed by atoms with Gasteiger partial charge in [0.1, 0.15) is 16.5 Å².